The van der Waals surface area contributed by atoms with Crippen LogP contribution in [0.2, 0.25) is 0 Å². The lowest BCUT2D eigenvalue weighted by Crippen LogP contribution is -1.99. The average Bonchev–Trinajstić information content (AvgIpc) is 2.71. The van der Waals surface area contributed by atoms with Crippen molar-refractivity contribution in [1.29, 1.82) is 0 Å². The topological polar surface area (TPSA) is 12.0 Å². The molecule has 2 heteroatoms. The largest absolute Gasteiger partial charge is 0.309 e. The Balaban J connectivity index is 0.000000379. The molecule has 14 heavy (non-hydrogen) atoms. The molecule has 0 aromatic heterocycles. The lowest BCUT2D eigenvalue weighted by Gasteiger charge is -1.94. The second-order valence-electron chi connectivity index (χ2n) is 2.52. The molecule has 0 amide bonds. The predicted molar refractivity (Wildman–Crippen MR) is 59.6 cm³/mol. The van der Waals surface area contributed by atoms with Crippen LogP contribution in [0.15, 0.2) is 18.2 Å². The van der Waals surface area contributed by atoms with E-state index in [-0.39, 0.29) is 5.82 Å². The normalized spacial score (nSPS) is 11.8. The predicted octanol–water partition coefficient (Wildman–Crippen LogP) is 3.48. The van der Waals surface area contributed by atoms with Gasteiger partial charge in [-0.1, -0.05) is 33.8 Å². The molecule has 1 N–H and O–H groups in total. The molecule has 0 saturated carbocycles. The molecule has 0 spiro atoms. The maximum Gasteiger partial charge on any atom is 0.123 e. The molecule has 1 aromatic rings. The Labute approximate surface area is 86.3 Å². The number of benzene rings is 1. The van der Waals surface area contributed by atoms with Gasteiger partial charge in [0.2, 0.25) is 0 Å². The monoisotopic (exact) mass is 197 g/mol. The quantitative estimate of drug-likeness (QED) is 0.671. The van der Waals surface area contributed by atoms with E-state index in [0.29, 0.717) is 0 Å². The zero-order chi connectivity index (χ0) is 11.0. The van der Waals surface area contributed by atoms with Crippen LogP contribution in [0.25, 0.3) is 0 Å². The summed E-state index contributed by atoms with van der Waals surface area (Å²) in [6.45, 7) is 9.70. The van der Waals surface area contributed by atoms with E-state index in [1.807, 2.05) is 33.8 Å². The fraction of sp³-hybridized carbons (Fsp3) is 0.500. The van der Waals surface area contributed by atoms with E-state index in [2.05, 4.69) is 5.32 Å². The van der Waals surface area contributed by atoms with E-state index < -0.39 is 0 Å². The van der Waals surface area contributed by atoms with Gasteiger partial charge in [-0.15, -0.1) is 0 Å². The van der Waals surface area contributed by atoms with E-state index in [9.17, 15) is 4.39 Å². The second-order valence-corrected chi connectivity index (χ2v) is 2.52. The zero-order valence-corrected chi connectivity index (χ0v) is 9.52. The standard InChI is InChI=1S/C8H8FN.2C2H6/c9-8-2-1-6-4-10-5-7(6)3-8;2*1-2/h1-3,10H,4-5H2;2*1-2H3. The second kappa shape index (κ2) is 7.51. The van der Waals surface area contributed by atoms with Crippen molar-refractivity contribution >= 4 is 0 Å². The van der Waals surface area contributed by atoms with Gasteiger partial charge in [-0.25, -0.2) is 4.39 Å². The first-order valence-corrected chi connectivity index (χ1v) is 5.34. The average molecular weight is 197 g/mol. The van der Waals surface area contributed by atoms with Crippen molar-refractivity contribution in [2.45, 2.75) is 40.8 Å². The summed E-state index contributed by atoms with van der Waals surface area (Å²) in [6.07, 6.45) is 0. The highest BCUT2D eigenvalue weighted by Crippen LogP contribution is 2.15. The van der Waals surface area contributed by atoms with Crippen LogP contribution in [0.3, 0.4) is 0 Å². The van der Waals surface area contributed by atoms with Crippen molar-refractivity contribution in [3.8, 4) is 0 Å². The Morgan fingerprint density at radius 1 is 1.00 bits per heavy atom. The van der Waals surface area contributed by atoms with Crippen LogP contribution in [-0.4, -0.2) is 0 Å². The molecule has 0 bridgehead atoms. The zero-order valence-electron chi connectivity index (χ0n) is 9.52. The number of rotatable bonds is 0. The summed E-state index contributed by atoms with van der Waals surface area (Å²) in [7, 11) is 0. The number of halogens is 1. The highest BCUT2D eigenvalue weighted by molar-refractivity contribution is 5.30. The van der Waals surface area contributed by atoms with Gasteiger partial charge < -0.3 is 5.32 Å². The molecule has 0 atom stereocenters. The summed E-state index contributed by atoms with van der Waals surface area (Å²) < 4.78 is 12.5. The van der Waals surface area contributed by atoms with Crippen LogP contribution in [0.5, 0.6) is 0 Å². The first-order chi connectivity index (χ1) is 6.86. The van der Waals surface area contributed by atoms with Gasteiger partial charge in [0.1, 0.15) is 5.82 Å². The third-order valence-electron chi connectivity index (χ3n) is 1.80. The Hall–Kier alpha value is -0.890. The molecule has 0 aliphatic carbocycles. The molecule has 2 rings (SSSR count). The van der Waals surface area contributed by atoms with Crippen molar-refractivity contribution in [3.63, 3.8) is 0 Å². The van der Waals surface area contributed by atoms with E-state index in [0.717, 1.165) is 18.7 Å². The van der Waals surface area contributed by atoms with Gasteiger partial charge in [-0.3, -0.25) is 0 Å². The molecule has 0 fully saturated rings. The minimum absolute atomic E-state index is 0.137. The summed E-state index contributed by atoms with van der Waals surface area (Å²) in [6, 6.07) is 4.94. The maximum atomic E-state index is 12.5. The Bertz CT molecular complexity index is 258. The molecule has 1 heterocycles. The fourth-order valence-electron chi connectivity index (χ4n) is 1.26. The molecule has 0 saturated heterocycles. The van der Waals surface area contributed by atoms with Crippen LogP contribution >= 0.6 is 0 Å². The van der Waals surface area contributed by atoms with Crippen LogP contribution in [0.1, 0.15) is 38.8 Å². The van der Waals surface area contributed by atoms with Crippen LogP contribution in [0, 0.1) is 5.82 Å². The summed E-state index contributed by atoms with van der Waals surface area (Å²) in [5.74, 6) is -0.137. The van der Waals surface area contributed by atoms with E-state index in [4.69, 9.17) is 0 Å². The van der Waals surface area contributed by atoms with Crippen LogP contribution < -0.4 is 5.32 Å². The third kappa shape index (κ3) is 3.46. The van der Waals surface area contributed by atoms with Crippen molar-refractivity contribution in [1.82, 2.24) is 5.32 Å². The van der Waals surface area contributed by atoms with Gasteiger partial charge in [0.25, 0.3) is 0 Å². The highest BCUT2D eigenvalue weighted by Gasteiger charge is 2.08. The summed E-state index contributed by atoms with van der Waals surface area (Å²) in [5.41, 5.74) is 2.32. The van der Waals surface area contributed by atoms with Gasteiger partial charge in [0, 0.05) is 13.1 Å². The van der Waals surface area contributed by atoms with Crippen LogP contribution in [0.4, 0.5) is 4.39 Å². The van der Waals surface area contributed by atoms with Gasteiger partial charge in [0.05, 0.1) is 0 Å². The number of nitrogens with one attached hydrogen (secondary N) is 1. The minimum atomic E-state index is -0.137. The van der Waals surface area contributed by atoms with E-state index in [1.165, 1.54) is 11.6 Å². The molecule has 1 nitrogen and oxygen atoms in total. The van der Waals surface area contributed by atoms with Crippen molar-refractivity contribution in [2.24, 2.45) is 0 Å². The molecule has 0 radical (unpaired) electrons. The summed E-state index contributed by atoms with van der Waals surface area (Å²) in [5, 5.41) is 3.15. The number of hydrogen-bond donors (Lipinski definition) is 1. The van der Waals surface area contributed by atoms with Gasteiger partial charge in [-0.2, -0.15) is 0 Å². The molecule has 1 aromatic carbocycles. The Kier molecular flexibility index (Phi) is 7.03. The Morgan fingerprint density at radius 3 is 2.21 bits per heavy atom. The SMILES string of the molecule is CC.CC.Fc1ccc2c(c1)CNC2. The molecular formula is C12H20FN. The number of fused-ring (bicyclic) bond motifs is 1. The Morgan fingerprint density at radius 2 is 1.57 bits per heavy atom. The summed E-state index contributed by atoms with van der Waals surface area (Å²) >= 11 is 0. The smallest absolute Gasteiger partial charge is 0.123 e. The van der Waals surface area contributed by atoms with E-state index in [1.54, 1.807) is 6.07 Å². The lowest BCUT2D eigenvalue weighted by atomic mass is 10.1. The molecule has 80 valence electrons. The third-order valence-corrected chi connectivity index (χ3v) is 1.80. The number of hydrogen-bond acceptors (Lipinski definition) is 1. The first kappa shape index (κ1) is 13.1. The van der Waals surface area contributed by atoms with Crippen molar-refractivity contribution in [2.75, 3.05) is 0 Å². The summed E-state index contributed by atoms with van der Waals surface area (Å²) in [4.78, 5) is 0. The molecule has 1 aliphatic heterocycles. The molecule has 1 aliphatic rings. The fourth-order valence-corrected chi connectivity index (χ4v) is 1.26. The van der Waals surface area contributed by atoms with Crippen molar-refractivity contribution in [3.05, 3.63) is 35.1 Å². The van der Waals surface area contributed by atoms with Crippen LogP contribution in [-0.2, 0) is 13.1 Å². The van der Waals surface area contributed by atoms with Crippen molar-refractivity contribution < 1.29 is 4.39 Å². The lowest BCUT2D eigenvalue weighted by molar-refractivity contribution is 0.625. The maximum absolute atomic E-state index is 12.5. The van der Waals surface area contributed by atoms with E-state index >= 15 is 0 Å². The first-order valence-electron chi connectivity index (χ1n) is 5.34. The van der Waals surface area contributed by atoms with Gasteiger partial charge in [-0.05, 0) is 23.3 Å². The highest BCUT2D eigenvalue weighted by atomic mass is 19.1. The van der Waals surface area contributed by atoms with Gasteiger partial charge >= 0.3 is 0 Å². The molecular weight excluding hydrogens is 177 g/mol. The minimum Gasteiger partial charge on any atom is -0.309 e. The molecule has 0 unspecified atom stereocenters. The van der Waals surface area contributed by atoms with Gasteiger partial charge in [0.15, 0.2) is 0 Å².